The molecule has 28 heavy (non-hydrogen) atoms. The van der Waals surface area contributed by atoms with E-state index in [1.54, 1.807) is 32.9 Å². The van der Waals surface area contributed by atoms with Crippen molar-refractivity contribution in [1.82, 2.24) is 9.62 Å². The van der Waals surface area contributed by atoms with Gasteiger partial charge in [0.2, 0.25) is 10.0 Å². The van der Waals surface area contributed by atoms with Crippen molar-refractivity contribution >= 4 is 15.9 Å². The standard InChI is InChI=1S/C22H30N2O3S/c1-6-17(2)24(16-18-10-8-7-9-11-18)21(25)19-12-14-20(15-13-19)28(26,27)23-22(3,4)5/h7-15,17,23H,6,16H2,1-5H3. The molecule has 0 spiro atoms. The average Bonchev–Trinajstić information content (AvgIpc) is 2.64. The summed E-state index contributed by atoms with van der Waals surface area (Å²) in [5, 5.41) is 0. The highest BCUT2D eigenvalue weighted by Crippen LogP contribution is 2.18. The van der Waals surface area contributed by atoms with Crippen molar-refractivity contribution in [3.63, 3.8) is 0 Å². The van der Waals surface area contributed by atoms with Crippen LogP contribution in [0.15, 0.2) is 59.5 Å². The van der Waals surface area contributed by atoms with Crippen LogP contribution in [0, 0.1) is 0 Å². The molecule has 0 radical (unpaired) electrons. The second-order valence-corrected chi connectivity index (χ2v) is 9.74. The van der Waals surface area contributed by atoms with Crippen LogP contribution >= 0.6 is 0 Å². The second-order valence-electron chi connectivity index (χ2n) is 8.06. The molecule has 0 aliphatic heterocycles. The van der Waals surface area contributed by atoms with Gasteiger partial charge in [-0.1, -0.05) is 37.3 Å². The number of rotatable bonds is 7. The van der Waals surface area contributed by atoms with Gasteiger partial charge in [-0.05, 0) is 63.9 Å². The van der Waals surface area contributed by atoms with Gasteiger partial charge in [0.15, 0.2) is 0 Å². The van der Waals surface area contributed by atoms with Crippen LogP contribution in [-0.2, 0) is 16.6 Å². The monoisotopic (exact) mass is 402 g/mol. The highest BCUT2D eigenvalue weighted by Gasteiger charge is 2.24. The predicted octanol–water partition coefficient (Wildman–Crippen LogP) is 4.20. The van der Waals surface area contributed by atoms with Gasteiger partial charge in [0, 0.05) is 23.7 Å². The van der Waals surface area contributed by atoms with E-state index >= 15 is 0 Å². The molecule has 6 heteroatoms. The van der Waals surface area contributed by atoms with E-state index in [2.05, 4.69) is 4.72 Å². The van der Waals surface area contributed by atoms with Crippen molar-refractivity contribution in [2.45, 2.75) is 64.1 Å². The molecule has 2 rings (SSSR count). The molecule has 1 N–H and O–H groups in total. The van der Waals surface area contributed by atoms with Gasteiger partial charge in [0.1, 0.15) is 0 Å². The Bertz CT molecular complexity index is 886. The summed E-state index contributed by atoms with van der Waals surface area (Å²) in [6.45, 7) is 9.94. The third-order valence-corrected chi connectivity index (χ3v) is 6.21. The first-order chi connectivity index (χ1) is 13.0. The summed E-state index contributed by atoms with van der Waals surface area (Å²) in [6, 6.07) is 16.1. The quantitative estimate of drug-likeness (QED) is 0.755. The number of hydrogen-bond donors (Lipinski definition) is 1. The molecule has 2 aromatic rings. The number of hydrogen-bond acceptors (Lipinski definition) is 3. The largest absolute Gasteiger partial charge is 0.332 e. The minimum atomic E-state index is -3.63. The molecular weight excluding hydrogens is 372 g/mol. The van der Waals surface area contributed by atoms with Gasteiger partial charge in [-0.25, -0.2) is 13.1 Å². The fraction of sp³-hybridized carbons (Fsp3) is 0.409. The van der Waals surface area contributed by atoms with Crippen LogP contribution in [0.2, 0.25) is 0 Å². The van der Waals surface area contributed by atoms with Gasteiger partial charge in [-0.3, -0.25) is 4.79 Å². The van der Waals surface area contributed by atoms with Crippen molar-refractivity contribution in [1.29, 1.82) is 0 Å². The maximum atomic E-state index is 13.1. The van der Waals surface area contributed by atoms with E-state index in [1.165, 1.54) is 12.1 Å². The molecule has 2 aromatic carbocycles. The molecule has 0 heterocycles. The summed E-state index contributed by atoms with van der Waals surface area (Å²) in [5.41, 5.74) is 0.965. The summed E-state index contributed by atoms with van der Waals surface area (Å²) < 4.78 is 27.5. The van der Waals surface area contributed by atoms with E-state index in [0.717, 1.165) is 12.0 Å². The van der Waals surface area contributed by atoms with Gasteiger partial charge in [-0.2, -0.15) is 0 Å². The Labute approximate surface area is 168 Å². The topological polar surface area (TPSA) is 66.5 Å². The minimum absolute atomic E-state index is 0.0682. The van der Waals surface area contributed by atoms with Crippen LogP contribution in [-0.4, -0.2) is 30.8 Å². The Morgan fingerprint density at radius 2 is 1.61 bits per heavy atom. The Balaban J connectivity index is 2.25. The SMILES string of the molecule is CCC(C)N(Cc1ccccc1)C(=O)c1ccc(S(=O)(=O)NC(C)(C)C)cc1. The summed E-state index contributed by atoms with van der Waals surface area (Å²) in [4.78, 5) is 15.1. The highest BCUT2D eigenvalue weighted by atomic mass is 32.2. The molecule has 1 amide bonds. The first-order valence-electron chi connectivity index (χ1n) is 9.52. The molecule has 152 valence electrons. The number of carbonyl (C=O) groups is 1. The van der Waals surface area contributed by atoms with Crippen molar-refractivity contribution in [2.75, 3.05) is 0 Å². The third kappa shape index (κ3) is 5.91. The first kappa shape index (κ1) is 22.1. The molecule has 0 saturated heterocycles. The van der Waals surface area contributed by atoms with E-state index in [1.807, 2.05) is 49.1 Å². The smallest absolute Gasteiger partial charge is 0.254 e. The van der Waals surface area contributed by atoms with E-state index in [0.29, 0.717) is 12.1 Å². The lowest BCUT2D eigenvalue weighted by molar-refractivity contribution is 0.0671. The Morgan fingerprint density at radius 1 is 1.04 bits per heavy atom. The zero-order valence-electron chi connectivity index (χ0n) is 17.3. The number of sulfonamides is 1. The Morgan fingerprint density at radius 3 is 2.11 bits per heavy atom. The third-order valence-electron chi connectivity index (χ3n) is 4.43. The number of benzene rings is 2. The Hall–Kier alpha value is -2.18. The molecule has 0 aromatic heterocycles. The number of carbonyl (C=O) groups excluding carboxylic acids is 1. The number of nitrogens with one attached hydrogen (secondary N) is 1. The van der Waals surface area contributed by atoms with Crippen molar-refractivity contribution < 1.29 is 13.2 Å². The first-order valence-corrected chi connectivity index (χ1v) is 11.0. The Kier molecular flexibility index (Phi) is 7.01. The van der Waals surface area contributed by atoms with Gasteiger partial charge < -0.3 is 4.90 Å². The van der Waals surface area contributed by atoms with Crippen LogP contribution in [0.25, 0.3) is 0 Å². The van der Waals surface area contributed by atoms with Crippen LogP contribution in [0.3, 0.4) is 0 Å². The van der Waals surface area contributed by atoms with Crippen molar-refractivity contribution in [3.05, 3.63) is 65.7 Å². The highest BCUT2D eigenvalue weighted by molar-refractivity contribution is 7.89. The zero-order chi connectivity index (χ0) is 20.9. The van der Waals surface area contributed by atoms with Gasteiger partial charge in [0.25, 0.3) is 5.91 Å². The molecule has 1 unspecified atom stereocenters. The molecule has 0 aliphatic rings. The minimum Gasteiger partial charge on any atom is -0.332 e. The zero-order valence-corrected chi connectivity index (χ0v) is 18.1. The van der Waals surface area contributed by atoms with Crippen LogP contribution in [0.5, 0.6) is 0 Å². The molecular formula is C22H30N2O3S. The van der Waals surface area contributed by atoms with E-state index in [4.69, 9.17) is 0 Å². The summed E-state index contributed by atoms with van der Waals surface area (Å²) in [6.07, 6.45) is 0.834. The fourth-order valence-electron chi connectivity index (χ4n) is 2.83. The second kappa shape index (κ2) is 8.88. The van der Waals surface area contributed by atoms with Gasteiger partial charge in [0.05, 0.1) is 4.90 Å². The fourth-order valence-corrected chi connectivity index (χ4v) is 4.25. The van der Waals surface area contributed by atoms with E-state index < -0.39 is 15.6 Å². The molecule has 1 atom stereocenters. The predicted molar refractivity (Wildman–Crippen MR) is 113 cm³/mol. The lowest BCUT2D eigenvalue weighted by Crippen LogP contribution is -2.40. The van der Waals surface area contributed by atoms with Crippen LogP contribution in [0.4, 0.5) is 0 Å². The van der Waals surface area contributed by atoms with Gasteiger partial charge in [-0.15, -0.1) is 0 Å². The maximum absolute atomic E-state index is 13.1. The van der Waals surface area contributed by atoms with Crippen LogP contribution < -0.4 is 4.72 Å². The molecule has 0 fully saturated rings. The average molecular weight is 403 g/mol. The molecule has 0 saturated carbocycles. The molecule has 0 bridgehead atoms. The van der Waals surface area contributed by atoms with Crippen molar-refractivity contribution in [2.24, 2.45) is 0 Å². The van der Waals surface area contributed by atoms with Gasteiger partial charge >= 0.3 is 0 Å². The normalized spacial score (nSPS) is 13.2. The maximum Gasteiger partial charge on any atom is 0.254 e. The molecule has 0 aliphatic carbocycles. The summed E-state index contributed by atoms with van der Waals surface area (Å²) in [5.74, 6) is -0.106. The van der Waals surface area contributed by atoms with E-state index in [-0.39, 0.29) is 16.8 Å². The van der Waals surface area contributed by atoms with Crippen molar-refractivity contribution in [3.8, 4) is 0 Å². The van der Waals surface area contributed by atoms with Crippen LogP contribution in [0.1, 0.15) is 57.0 Å². The van der Waals surface area contributed by atoms with E-state index in [9.17, 15) is 13.2 Å². The lowest BCUT2D eigenvalue weighted by Gasteiger charge is -2.29. The number of amides is 1. The molecule has 5 nitrogen and oxygen atoms in total. The number of nitrogens with zero attached hydrogens (tertiary/aromatic N) is 1. The lowest BCUT2D eigenvalue weighted by atomic mass is 10.1. The summed E-state index contributed by atoms with van der Waals surface area (Å²) in [7, 11) is -3.63. The summed E-state index contributed by atoms with van der Waals surface area (Å²) >= 11 is 0.